The second-order valence-corrected chi connectivity index (χ2v) is 5.25. The molecular formula is C13H19N3O4. The molecule has 1 aliphatic heterocycles. The Bertz CT molecular complexity index is 452. The largest absolute Gasteiger partial charge is 0.376 e. The van der Waals surface area contributed by atoms with Crippen LogP contribution in [0.5, 0.6) is 0 Å². The summed E-state index contributed by atoms with van der Waals surface area (Å²) in [6.45, 7) is 1.58. The van der Waals surface area contributed by atoms with Crippen LogP contribution < -0.4 is 5.32 Å². The summed E-state index contributed by atoms with van der Waals surface area (Å²) >= 11 is 0. The molecule has 1 aromatic rings. The number of amides is 1. The van der Waals surface area contributed by atoms with E-state index in [1.54, 1.807) is 0 Å². The van der Waals surface area contributed by atoms with E-state index in [2.05, 4.69) is 15.5 Å². The third-order valence-corrected chi connectivity index (χ3v) is 3.41. The van der Waals surface area contributed by atoms with Crippen molar-refractivity contribution in [3.05, 3.63) is 11.7 Å². The topological polar surface area (TPSA) is 86.5 Å². The number of aromatic nitrogens is 2. The fraction of sp³-hybridized carbons (Fsp3) is 0.769. The van der Waals surface area contributed by atoms with Gasteiger partial charge in [0.15, 0.2) is 5.82 Å². The summed E-state index contributed by atoms with van der Waals surface area (Å²) in [6, 6.07) is 0. The van der Waals surface area contributed by atoms with Crippen LogP contribution in [-0.4, -0.2) is 42.0 Å². The first kappa shape index (κ1) is 13.5. The fourth-order valence-corrected chi connectivity index (χ4v) is 2.12. The van der Waals surface area contributed by atoms with Crippen molar-refractivity contribution in [3.63, 3.8) is 0 Å². The van der Waals surface area contributed by atoms with E-state index in [-0.39, 0.29) is 25.2 Å². The minimum Gasteiger partial charge on any atom is -0.376 e. The summed E-state index contributed by atoms with van der Waals surface area (Å²) in [5.74, 6) is 1.45. The molecule has 1 saturated heterocycles. The Hall–Kier alpha value is -1.47. The number of rotatable bonds is 7. The van der Waals surface area contributed by atoms with Gasteiger partial charge in [-0.25, -0.2) is 0 Å². The van der Waals surface area contributed by atoms with Crippen LogP contribution >= 0.6 is 0 Å². The quantitative estimate of drug-likeness (QED) is 0.794. The molecule has 0 spiro atoms. The summed E-state index contributed by atoms with van der Waals surface area (Å²) < 4.78 is 15.8. The van der Waals surface area contributed by atoms with Gasteiger partial charge in [0, 0.05) is 12.5 Å². The van der Waals surface area contributed by atoms with Gasteiger partial charge in [0.2, 0.25) is 11.8 Å². The zero-order valence-electron chi connectivity index (χ0n) is 11.3. The highest BCUT2D eigenvalue weighted by atomic mass is 16.5. The van der Waals surface area contributed by atoms with Gasteiger partial charge in [0.1, 0.15) is 6.61 Å². The van der Waals surface area contributed by atoms with Gasteiger partial charge in [-0.15, -0.1) is 0 Å². The molecule has 0 unspecified atom stereocenters. The van der Waals surface area contributed by atoms with Crippen molar-refractivity contribution in [2.24, 2.45) is 0 Å². The number of hydrogen-bond acceptors (Lipinski definition) is 6. The Balaban J connectivity index is 1.31. The molecule has 0 radical (unpaired) electrons. The highest BCUT2D eigenvalue weighted by molar-refractivity contribution is 5.77. The molecule has 7 heteroatoms. The summed E-state index contributed by atoms with van der Waals surface area (Å²) in [6.07, 6.45) is 4.45. The van der Waals surface area contributed by atoms with Crippen molar-refractivity contribution < 1.29 is 18.8 Å². The predicted molar refractivity (Wildman–Crippen MR) is 67.9 cm³/mol. The molecule has 1 N–H and O–H groups in total. The number of nitrogens with zero attached hydrogens (tertiary/aromatic N) is 2. The second kappa shape index (κ2) is 6.32. The number of carbonyl (C=O) groups is 1. The van der Waals surface area contributed by atoms with Gasteiger partial charge >= 0.3 is 0 Å². The maximum absolute atomic E-state index is 11.6. The molecule has 2 fully saturated rings. The van der Waals surface area contributed by atoms with Crippen LogP contribution in [0.1, 0.15) is 43.3 Å². The van der Waals surface area contributed by atoms with Gasteiger partial charge < -0.3 is 19.3 Å². The van der Waals surface area contributed by atoms with Crippen LogP contribution in [0.15, 0.2) is 4.52 Å². The first-order valence-corrected chi connectivity index (χ1v) is 7.10. The van der Waals surface area contributed by atoms with Gasteiger partial charge in [-0.2, -0.15) is 4.98 Å². The van der Waals surface area contributed by atoms with Crippen LogP contribution in [0, 0.1) is 0 Å². The molecule has 20 heavy (non-hydrogen) atoms. The average Bonchev–Trinajstić information content (AvgIpc) is 2.98. The maximum atomic E-state index is 11.6. The van der Waals surface area contributed by atoms with E-state index in [1.165, 1.54) is 0 Å². The average molecular weight is 281 g/mol. The highest BCUT2D eigenvalue weighted by Gasteiger charge is 2.29. The van der Waals surface area contributed by atoms with Crippen LogP contribution in [0.25, 0.3) is 0 Å². The van der Waals surface area contributed by atoms with Crippen LogP contribution in [-0.2, 0) is 20.8 Å². The zero-order chi connectivity index (χ0) is 13.8. The van der Waals surface area contributed by atoms with E-state index in [4.69, 9.17) is 14.0 Å². The maximum Gasteiger partial charge on any atom is 0.246 e. The summed E-state index contributed by atoms with van der Waals surface area (Å²) in [7, 11) is 0. The summed E-state index contributed by atoms with van der Waals surface area (Å²) in [5, 5.41) is 6.54. The summed E-state index contributed by atoms with van der Waals surface area (Å²) in [4.78, 5) is 15.8. The minimum atomic E-state index is -0.180. The van der Waals surface area contributed by atoms with Crippen molar-refractivity contribution in [2.75, 3.05) is 19.8 Å². The third-order valence-electron chi connectivity index (χ3n) is 3.41. The molecular weight excluding hydrogens is 262 g/mol. The second-order valence-electron chi connectivity index (χ2n) is 5.25. The Morgan fingerprint density at radius 1 is 1.40 bits per heavy atom. The molecule has 1 aliphatic carbocycles. The lowest BCUT2D eigenvalue weighted by molar-refractivity contribution is -0.127. The van der Waals surface area contributed by atoms with E-state index < -0.39 is 0 Å². The van der Waals surface area contributed by atoms with Crippen LogP contribution in [0.4, 0.5) is 0 Å². The molecule has 7 nitrogen and oxygen atoms in total. The first-order chi connectivity index (χ1) is 9.81. The van der Waals surface area contributed by atoms with Gasteiger partial charge in [-0.05, 0) is 25.7 Å². The van der Waals surface area contributed by atoms with E-state index in [0.717, 1.165) is 32.3 Å². The number of ether oxygens (including phenoxy) is 2. The van der Waals surface area contributed by atoms with E-state index in [0.29, 0.717) is 24.2 Å². The highest BCUT2D eigenvalue weighted by Crippen LogP contribution is 2.38. The first-order valence-electron chi connectivity index (χ1n) is 7.10. The standard InChI is InChI=1S/C13H19N3O4/c17-12(8-18-7-10-2-1-5-19-10)14-6-11-15-13(20-16-11)9-3-4-9/h9-10H,1-8H2,(H,14,17)/t10-/m0/s1. The normalized spacial score (nSPS) is 22.1. The van der Waals surface area contributed by atoms with Crippen molar-refractivity contribution in [3.8, 4) is 0 Å². The lowest BCUT2D eigenvalue weighted by atomic mass is 10.2. The Morgan fingerprint density at radius 2 is 2.30 bits per heavy atom. The van der Waals surface area contributed by atoms with E-state index in [9.17, 15) is 4.79 Å². The molecule has 2 heterocycles. The molecule has 1 atom stereocenters. The predicted octanol–water partition coefficient (Wildman–Crippen LogP) is 0.759. The van der Waals surface area contributed by atoms with Gasteiger partial charge in [0.05, 0.1) is 19.3 Å². The fourth-order valence-electron chi connectivity index (χ4n) is 2.12. The summed E-state index contributed by atoms with van der Waals surface area (Å²) in [5.41, 5.74) is 0. The molecule has 1 aromatic heterocycles. The van der Waals surface area contributed by atoms with E-state index in [1.807, 2.05) is 0 Å². The monoisotopic (exact) mass is 281 g/mol. The zero-order valence-corrected chi connectivity index (χ0v) is 11.3. The van der Waals surface area contributed by atoms with Crippen molar-refractivity contribution >= 4 is 5.91 Å². The lowest BCUT2D eigenvalue weighted by Gasteiger charge is -2.09. The molecule has 2 aliphatic rings. The molecule has 0 aromatic carbocycles. The Kier molecular flexibility index (Phi) is 4.27. The van der Waals surface area contributed by atoms with Crippen LogP contribution in [0.2, 0.25) is 0 Å². The van der Waals surface area contributed by atoms with Crippen molar-refractivity contribution in [2.45, 2.75) is 44.2 Å². The lowest BCUT2D eigenvalue weighted by Crippen LogP contribution is -2.29. The van der Waals surface area contributed by atoms with Crippen molar-refractivity contribution in [1.29, 1.82) is 0 Å². The van der Waals surface area contributed by atoms with Gasteiger partial charge in [-0.3, -0.25) is 4.79 Å². The molecule has 110 valence electrons. The Labute approximate surface area is 117 Å². The number of nitrogens with one attached hydrogen (secondary N) is 1. The van der Waals surface area contributed by atoms with Gasteiger partial charge in [0.25, 0.3) is 0 Å². The molecule has 1 amide bonds. The molecule has 1 saturated carbocycles. The van der Waals surface area contributed by atoms with E-state index >= 15 is 0 Å². The van der Waals surface area contributed by atoms with Crippen LogP contribution in [0.3, 0.4) is 0 Å². The molecule has 0 bridgehead atoms. The number of carbonyl (C=O) groups excluding carboxylic acids is 1. The Morgan fingerprint density at radius 3 is 3.05 bits per heavy atom. The van der Waals surface area contributed by atoms with Crippen molar-refractivity contribution in [1.82, 2.24) is 15.5 Å². The third kappa shape index (κ3) is 3.77. The van der Waals surface area contributed by atoms with Gasteiger partial charge in [-0.1, -0.05) is 5.16 Å². The minimum absolute atomic E-state index is 0.0349. The number of hydrogen-bond donors (Lipinski definition) is 1. The smallest absolute Gasteiger partial charge is 0.246 e. The molecule has 3 rings (SSSR count). The SMILES string of the molecule is O=C(COC[C@@H]1CCCO1)NCc1noc(C2CC2)n1.